The largest absolute Gasteiger partial charge is 0.395 e. The van der Waals surface area contributed by atoms with E-state index in [1.807, 2.05) is 20.4 Å². The van der Waals surface area contributed by atoms with Crippen LogP contribution in [0.15, 0.2) is 0 Å². The quantitative estimate of drug-likeness (QED) is 0.505. The minimum absolute atomic E-state index is 0.194. The number of rotatable bonds is 10. The predicted octanol–water partition coefficient (Wildman–Crippen LogP) is 0.626. The molecule has 0 amide bonds. The summed E-state index contributed by atoms with van der Waals surface area (Å²) in [4.78, 5) is 0. The van der Waals surface area contributed by atoms with E-state index < -0.39 is 20.8 Å². The monoisotopic (exact) mass is 266 g/mol. The van der Waals surface area contributed by atoms with E-state index in [2.05, 4.69) is 0 Å². The molecule has 6 heteroatoms. The molecule has 0 aliphatic carbocycles. The van der Waals surface area contributed by atoms with Crippen molar-refractivity contribution in [3.63, 3.8) is 0 Å². The molecule has 0 aromatic carbocycles. The highest BCUT2D eigenvalue weighted by Crippen LogP contribution is 2.18. The van der Waals surface area contributed by atoms with Crippen molar-refractivity contribution in [1.29, 1.82) is 0 Å². The van der Waals surface area contributed by atoms with E-state index in [0.717, 1.165) is 0 Å². The number of hydrogen-bond donors (Lipinski definition) is 3. The molecule has 2 unspecified atom stereocenters. The average molecular weight is 266 g/mol. The minimum Gasteiger partial charge on any atom is -0.395 e. The third kappa shape index (κ3) is 7.85. The first kappa shape index (κ1) is 17.0. The Morgan fingerprint density at radius 2 is 1.59 bits per heavy atom. The summed E-state index contributed by atoms with van der Waals surface area (Å²) < 4.78 is 11.3. The van der Waals surface area contributed by atoms with Gasteiger partial charge in [-0.2, -0.15) is 0 Å². The van der Waals surface area contributed by atoms with Crippen molar-refractivity contribution in [2.45, 2.75) is 51.5 Å². The fourth-order valence-electron chi connectivity index (χ4n) is 1.73. The topological polar surface area (TPSA) is 79.2 Å². The van der Waals surface area contributed by atoms with E-state index in [1.54, 1.807) is 0 Å². The van der Waals surface area contributed by atoms with E-state index >= 15 is 0 Å². The Hall–Kier alpha value is 0.0169. The molecule has 104 valence electrons. The lowest BCUT2D eigenvalue weighted by molar-refractivity contribution is 0.0392. The first-order chi connectivity index (χ1) is 7.97. The fourth-order valence-corrected chi connectivity index (χ4v) is 4.18. The van der Waals surface area contributed by atoms with E-state index in [0.29, 0.717) is 25.7 Å². The highest BCUT2D eigenvalue weighted by atomic mass is 28.4. The Labute approximate surface area is 105 Å². The summed E-state index contributed by atoms with van der Waals surface area (Å²) >= 11 is 0. The first-order valence-electron chi connectivity index (χ1n) is 6.22. The van der Waals surface area contributed by atoms with Gasteiger partial charge in [0.15, 0.2) is 0 Å². The Kier molecular flexibility index (Phi) is 9.02. The normalized spacial score (nSPS) is 15.9. The molecule has 0 saturated heterocycles. The molecule has 17 heavy (non-hydrogen) atoms. The van der Waals surface area contributed by atoms with E-state index in [-0.39, 0.29) is 13.0 Å². The molecule has 0 heterocycles. The van der Waals surface area contributed by atoms with Gasteiger partial charge >= 0.3 is 8.56 Å². The molecule has 0 spiro atoms. The van der Waals surface area contributed by atoms with Crippen LogP contribution in [0.3, 0.4) is 0 Å². The van der Waals surface area contributed by atoms with Gasteiger partial charge < -0.3 is 24.2 Å². The van der Waals surface area contributed by atoms with Crippen molar-refractivity contribution < 1.29 is 24.2 Å². The second kappa shape index (κ2) is 9.01. The Morgan fingerprint density at radius 1 is 1.06 bits per heavy atom. The van der Waals surface area contributed by atoms with Gasteiger partial charge in [0.1, 0.15) is 0 Å². The van der Waals surface area contributed by atoms with E-state index in [1.165, 1.54) is 0 Å². The zero-order valence-electron chi connectivity index (χ0n) is 11.1. The van der Waals surface area contributed by atoms with Crippen LogP contribution in [0.2, 0.25) is 12.6 Å². The van der Waals surface area contributed by atoms with Crippen molar-refractivity contribution >= 4 is 8.56 Å². The highest BCUT2D eigenvalue weighted by molar-refractivity contribution is 6.66. The van der Waals surface area contributed by atoms with Crippen LogP contribution in [0.1, 0.15) is 26.7 Å². The van der Waals surface area contributed by atoms with Crippen LogP contribution in [0.4, 0.5) is 0 Å². The molecule has 0 bridgehead atoms. The van der Waals surface area contributed by atoms with Gasteiger partial charge in [-0.25, -0.2) is 0 Å². The lowest BCUT2D eigenvalue weighted by atomic mass is 10.1. The fraction of sp³-hybridized carbons (Fsp3) is 1.00. The molecule has 0 aromatic heterocycles. The molecule has 0 aromatic rings. The maximum atomic E-state index is 9.69. The van der Waals surface area contributed by atoms with Gasteiger partial charge in [0.05, 0.1) is 18.8 Å². The van der Waals surface area contributed by atoms with Crippen molar-refractivity contribution in [3.05, 3.63) is 0 Å². The van der Waals surface area contributed by atoms with Crippen LogP contribution < -0.4 is 0 Å². The highest BCUT2D eigenvalue weighted by Gasteiger charge is 2.31. The molecule has 0 aliphatic rings. The Morgan fingerprint density at radius 3 is 2.00 bits per heavy atom. The molecule has 0 saturated carbocycles. The van der Waals surface area contributed by atoms with E-state index in [9.17, 15) is 10.2 Å². The minimum atomic E-state index is -2.18. The molecular weight excluding hydrogens is 240 g/mol. The zero-order valence-corrected chi connectivity index (χ0v) is 12.1. The SMILES string of the molecule is CCO[Si](C)(CCC(O)CC(O)CO)OCC. The zero-order chi connectivity index (χ0) is 13.3. The van der Waals surface area contributed by atoms with Gasteiger partial charge in [-0.1, -0.05) is 0 Å². The molecular formula is C11H26O5Si. The second-order valence-corrected chi connectivity index (χ2v) is 7.61. The second-order valence-electron chi connectivity index (χ2n) is 4.26. The van der Waals surface area contributed by atoms with Crippen molar-refractivity contribution in [3.8, 4) is 0 Å². The standard InChI is InChI=1S/C11H26O5Si/c1-4-15-17(3,16-5-2)7-6-10(13)8-11(14)9-12/h10-14H,4-9H2,1-3H3. The summed E-state index contributed by atoms with van der Waals surface area (Å²) in [5.41, 5.74) is 0. The summed E-state index contributed by atoms with van der Waals surface area (Å²) in [7, 11) is -2.18. The summed E-state index contributed by atoms with van der Waals surface area (Å²) in [6.07, 6.45) is -0.749. The maximum Gasteiger partial charge on any atom is 0.335 e. The van der Waals surface area contributed by atoms with Crippen molar-refractivity contribution in [1.82, 2.24) is 0 Å². The van der Waals surface area contributed by atoms with Crippen LogP contribution in [0.5, 0.6) is 0 Å². The van der Waals surface area contributed by atoms with Gasteiger partial charge in [0.25, 0.3) is 0 Å². The van der Waals surface area contributed by atoms with Crippen molar-refractivity contribution in [2.24, 2.45) is 0 Å². The first-order valence-corrected chi connectivity index (χ1v) is 8.74. The average Bonchev–Trinajstić information content (AvgIpc) is 2.27. The number of hydrogen-bond acceptors (Lipinski definition) is 5. The lowest BCUT2D eigenvalue weighted by Gasteiger charge is -2.27. The van der Waals surface area contributed by atoms with Gasteiger partial charge in [-0.15, -0.1) is 0 Å². The van der Waals surface area contributed by atoms with Gasteiger partial charge in [-0.3, -0.25) is 0 Å². The third-order valence-corrected chi connectivity index (χ3v) is 5.58. The molecule has 0 aliphatic heterocycles. The van der Waals surface area contributed by atoms with Crippen LogP contribution in [-0.4, -0.2) is 55.9 Å². The molecule has 0 radical (unpaired) electrons. The maximum absolute atomic E-state index is 9.69. The van der Waals surface area contributed by atoms with Gasteiger partial charge in [0.2, 0.25) is 0 Å². The Balaban J connectivity index is 4.02. The predicted molar refractivity (Wildman–Crippen MR) is 68.0 cm³/mol. The van der Waals surface area contributed by atoms with Crippen molar-refractivity contribution in [2.75, 3.05) is 19.8 Å². The summed E-state index contributed by atoms with van der Waals surface area (Å²) in [5, 5.41) is 27.6. The van der Waals surface area contributed by atoms with Crippen LogP contribution in [0, 0.1) is 0 Å². The molecule has 5 nitrogen and oxygen atoms in total. The molecule has 0 fully saturated rings. The smallest absolute Gasteiger partial charge is 0.335 e. The third-order valence-electron chi connectivity index (χ3n) is 2.59. The number of aliphatic hydroxyl groups is 3. The Bertz CT molecular complexity index is 185. The summed E-state index contributed by atoms with van der Waals surface area (Å²) in [6, 6.07) is 0.688. The number of aliphatic hydroxyl groups excluding tert-OH is 3. The molecule has 0 rings (SSSR count). The van der Waals surface area contributed by atoms with Gasteiger partial charge in [-0.05, 0) is 32.9 Å². The van der Waals surface area contributed by atoms with Crippen LogP contribution in [0.25, 0.3) is 0 Å². The molecule has 3 N–H and O–H groups in total. The summed E-state index contributed by atoms with van der Waals surface area (Å²) in [5.74, 6) is 0. The summed E-state index contributed by atoms with van der Waals surface area (Å²) in [6.45, 7) is 6.74. The lowest BCUT2D eigenvalue weighted by Crippen LogP contribution is -2.39. The van der Waals surface area contributed by atoms with Crippen LogP contribution >= 0.6 is 0 Å². The van der Waals surface area contributed by atoms with Gasteiger partial charge in [0, 0.05) is 19.6 Å². The van der Waals surface area contributed by atoms with E-state index in [4.69, 9.17) is 14.0 Å². The van der Waals surface area contributed by atoms with Crippen LogP contribution in [-0.2, 0) is 8.85 Å². The molecule has 2 atom stereocenters.